The molecule has 1 amide bonds. The number of rotatable bonds is 7. The van der Waals surface area contributed by atoms with E-state index in [2.05, 4.69) is 47.2 Å². The summed E-state index contributed by atoms with van der Waals surface area (Å²) < 4.78 is 7.86. The normalized spacial score (nSPS) is 19.1. The molecular weight excluding hydrogens is 420 g/mol. The minimum atomic E-state index is -0.0734. The Labute approximate surface area is 194 Å². The smallest absolute Gasteiger partial charge is 0.251 e. The Bertz CT molecular complexity index is 1040. The summed E-state index contributed by atoms with van der Waals surface area (Å²) in [7, 11) is 0. The van der Waals surface area contributed by atoms with E-state index < -0.39 is 0 Å². The number of nitrogens with zero attached hydrogens (tertiary/aromatic N) is 3. The van der Waals surface area contributed by atoms with Crippen LogP contribution < -0.4 is 5.32 Å². The van der Waals surface area contributed by atoms with E-state index in [0.717, 1.165) is 36.0 Å². The fourth-order valence-corrected chi connectivity index (χ4v) is 4.76. The maximum absolute atomic E-state index is 12.8. The van der Waals surface area contributed by atoms with Crippen molar-refractivity contribution in [1.29, 1.82) is 0 Å². The van der Waals surface area contributed by atoms with E-state index in [1.54, 1.807) is 18.0 Å². The van der Waals surface area contributed by atoms with Crippen molar-refractivity contribution in [2.75, 3.05) is 19.3 Å². The van der Waals surface area contributed by atoms with Gasteiger partial charge in [-0.15, -0.1) is 0 Å². The van der Waals surface area contributed by atoms with Crippen LogP contribution in [0.25, 0.3) is 5.69 Å². The SMILES string of the molecule is CSc1nccn1-c1ccc(C(=O)NCc2ccccc2CN2CC(C)OC(C)C2)cc1. The Hall–Kier alpha value is -2.61. The number of ether oxygens (including phenoxy) is 1. The molecular formula is C25H30N4O2S. The maximum atomic E-state index is 12.8. The molecule has 1 aromatic heterocycles. The van der Waals surface area contributed by atoms with Gasteiger partial charge in [0.25, 0.3) is 5.91 Å². The summed E-state index contributed by atoms with van der Waals surface area (Å²) in [6, 6.07) is 15.9. The molecule has 2 heterocycles. The fourth-order valence-electron chi connectivity index (χ4n) is 4.23. The minimum absolute atomic E-state index is 0.0734. The second kappa shape index (κ2) is 10.3. The summed E-state index contributed by atoms with van der Waals surface area (Å²) >= 11 is 1.59. The molecule has 1 fully saturated rings. The van der Waals surface area contributed by atoms with Crippen molar-refractivity contribution < 1.29 is 9.53 Å². The first-order chi connectivity index (χ1) is 15.5. The van der Waals surface area contributed by atoms with E-state index in [4.69, 9.17) is 4.74 Å². The van der Waals surface area contributed by atoms with Gasteiger partial charge in [-0.1, -0.05) is 36.0 Å². The highest BCUT2D eigenvalue weighted by atomic mass is 32.2. The number of hydrogen-bond donors (Lipinski definition) is 1. The molecule has 2 aromatic carbocycles. The first-order valence-electron chi connectivity index (χ1n) is 10.9. The van der Waals surface area contributed by atoms with Crippen LogP contribution in [0.1, 0.15) is 35.3 Å². The molecule has 0 aliphatic carbocycles. The predicted molar refractivity (Wildman–Crippen MR) is 128 cm³/mol. The van der Waals surface area contributed by atoms with Gasteiger partial charge in [0, 0.05) is 49.8 Å². The topological polar surface area (TPSA) is 59.4 Å². The molecule has 4 rings (SSSR count). The molecule has 0 bridgehead atoms. The summed E-state index contributed by atoms with van der Waals surface area (Å²) in [5.74, 6) is -0.0734. The molecule has 3 aromatic rings. The first kappa shape index (κ1) is 22.6. The summed E-state index contributed by atoms with van der Waals surface area (Å²) in [6.45, 7) is 7.45. The third-order valence-electron chi connectivity index (χ3n) is 5.64. The third-order valence-corrected chi connectivity index (χ3v) is 6.31. The van der Waals surface area contributed by atoms with E-state index in [1.165, 1.54) is 5.56 Å². The van der Waals surface area contributed by atoms with Gasteiger partial charge >= 0.3 is 0 Å². The van der Waals surface area contributed by atoms with Crippen LogP contribution in [-0.4, -0.2) is 51.9 Å². The van der Waals surface area contributed by atoms with Crippen LogP contribution in [-0.2, 0) is 17.8 Å². The average molecular weight is 451 g/mol. The molecule has 0 saturated carbocycles. The molecule has 1 saturated heterocycles. The number of nitrogens with one attached hydrogen (secondary N) is 1. The molecule has 1 N–H and O–H groups in total. The fraction of sp³-hybridized carbons (Fsp3) is 0.360. The van der Waals surface area contributed by atoms with Crippen LogP contribution in [0.2, 0.25) is 0 Å². The quantitative estimate of drug-likeness (QED) is 0.549. The lowest BCUT2D eigenvalue weighted by atomic mass is 10.1. The zero-order valence-electron chi connectivity index (χ0n) is 18.8. The van der Waals surface area contributed by atoms with E-state index in [-0.39, 0.29) is 18.1 Å². The van der Waals surface area contributed by atoms with Gasteiger partial charge < -0.3 is 10.1 Å². The number of hydrogen-bond acceptors (Lipinski definition) is 5. The summed E-state index contributed by atoms with van der Waals surface area (Å²) in [4.78, 5) is 19.5. The number of benzene rings is 2. The van der Waals surface area contributed by atoms with Gasteiger partial charge in [0.2, 0.25) is 0 Å². The molecule has 1 aliphatic heterocycles. The summed E-state index contributed by atoms with van der Waals surface area (Å²) in [5.41, 5.74) is 4.03. The van der Waals surface area contributed by atoms with Crippen LogP contribution in [0, 0.1) is 0 Å². The van der Waals surface area contributed by atoms with E-state index in [0.29, 0.717) is 12.1 Å². The van der Waals surface area contributed by atoms with Crippen molar-refractivity contribution in [3.8, 4) is 5.69 Å². The van der Waals surface area contributed by atoms with Crippen molar-refractivity contribution in [3.63, 3.8) is 0 Å². The molecule has 7 heteroatoms. The van der Waals surface area contributed by atoms with Crippen LogP contribution in [0.5, 0.6) is 0 Å². The van der Waals surface area contributed by atoms with Gasteiger partial charge in [0.05, 0.1) is 12.2 Å². The van der Waals surface area contributed by atoms with Crippen molar-refractivity contribution in [1.82, 2.24) is 19.8 Å². The number of thioether (sulfide) groups is 1. The number of carbonyl (C=O) groups is 1. The van der Waals surface area contributed by atoms with Crippen molar-refractivity contribution in [2.24, 2.45) is 0 Å². The number of imidazole rings is 1. The first-order valence-corrected chi connectivity index (χ1v) is 12.2. The second-order valence-electron chi connectivity index (χ2n) is 8.23. The van der Waals surface area contributed by atoms with Crippen LogP contribution in [0.15, 0.2) is 66.1 Å². The largest absolute Gasteiger partial charge is 0.373 e. The predicted octanol–water partition coefficient (Wildman–Crippen LogP) is 4.13. The Morgan fingerprint density at radius 3 is 2.47 bits per heavy atom. The van der Waals surface area contributed by atoms with Crippen LogP contribution >= 0.6 is 11.8 Å². The van der Waals surface area contributed by atoms with Gasteiger partial charge in [0.1, 0.15) is 0 Å². The Morgan fingerprint density at radius 2 is 1.78 bits per heavy atom. The van der Waals surface area contributed by atoms with Crippen molar-refractivity contribution >= 4 is 17.7 Å². The highest BCUT2D eigenvalue weighted by molar-refractivity contribution is 7.98. The molecule has 1 aliphatic rings. The molecule has 32 heavy (non-hydrogen) atoms. The lowest BCUT2D eigenvalue weighted by Gasteiger charge is -2.35. The standard InChI is InChI=1S/C25H30N4O2S/c1-18-15-28(16-19(2)31-18)17-22-7-5-4-6-21(22)14-27-24(30)20-8-10-23(11-9-20)29-13-12-26-25(29)32-3/h4-13,18-19H,14-17H2,1-3H3,(H,27,30). The van der Waals surface area contributed by atoms with E-state index in [9.17, 15) is 4.79 Å². The zero-order chi connectivity index (χ0) is 22.5. The summed E-state index contributed by atoms with van der Waals surface area (Å²) in [5, 5.41) is 4.00. The lowest BCUT2D eigenvalue weighted by Crippen LogP contribution is -2.45. The minimum Gasteiger partial charge on any atom is -0.373 e. The van der Waals surface area contributed by atoms with Crippen molar-refractivity contribution in [2.45, 2.75) is 44.3 Å². The van der Waals surface area contributed by atoms with Crippen molar-refractivity contribution in [3.05, 3.63) is 77.6 Å². The molecule has 168 valence electrons. The molecule has 0 spiro atoms. The number of amides is 1. The van der Waals surface area contributed by atoms with Gasteiger partial charge in [-0.25, -0.2) is 4.98 Å². The Morgan fingerprint density at radius 1 is 1.09 bits per heavy atom. The van der Waals surface area contributed by atoms with Gasteiger partial charge in [-0.05, 0) is 55.5 Å². The molecule has 2 unspecified atom stereocenters. The molecule has 6 nitrogen and oxygen atoms in total. The Kier molecular flexibility index (Phi) is 7.29. The van der Waals surface area contributed by atoms with Gasteiger partial charge in [-0.3, -0.25) is 14.3 Å². The van der Waals surface area contributed by atoms with Crippen LogP contribution in [0.3, 0.4) is 0 Å². The third kappa shape index (κ3) is 5.41. The van der Waals surface area contributed by atoms with Gasteiger partial charge in [0.15, 0.2) is 5.16 Å². The number of aromatic nitrogens is 2. The Balaban J connectivity index is 1.39. The lowest BCUT2D eigenvalue weighted by molar-refractivity contribution is -0.0705. The highest BCUT2D eigenvalue weighted by Crippen LogP contribution is 2.19. The molecule has 2 atom stereocenters. The van der Waals surface area contributed by atoms with Crippen LogP contribution in [0.4, 0.5) is 0 Å². The van der Waals surface area contributed by atoms with E-state index in [1.807, 2.05) is 47.4 Å². The monoisotopic (exact) mass is 450 g/mol. The van der Waals surface area contributed by atoms with Gasteiger partial charge in [-0.2, -0.15) is 0 Å². The number of morpholine rings is 1. The average Bonchev–Trinajstić information content (AvgIpc) is 3.27. The zero-order valence-corrected chi connectivity index (χ0v) is 19.6. The highest BCUT2D eigenvalue weighted by Gasteiger charge is 2.22. The molecule has 0 radical (unpaired) electrons. The summed E-state index contributed by atoms with van der Waals surface area (Å²) in [6.07, 6.45) is 6.18. The van der Waals surface area contributed by atoms with E-state index >= 15 is 0 Å². The maximum Gasteiger partial charge on any atom is 0.251 e. The second-order valence-corrected chi connectivity index (χ2v) is 9.01. The number of carbonyl (C=O) groups excluding carboxylic acids is 1.